The number of carbonyl (C=O) groups is 1. The van der Waals surface area contributed by atoms with E-state index in [4.69, 9.17) is 11.6 Å². The Morgan fingerprint density at radius 3 is 2.61 bits per heavy atom. The van der Waals surface area contributed by atoms with Gasteiger partial charge in [-0.25, -0.2) is 0 Å². The molecule has 0 atom stereocenters. The zero-order chi connectivity index (χ0) is 13.2. The summed E-state index contributed by atoms with van der Waals surface area (Å²) in [4.78, 5) is 12.2. The van der Waals surface area contributed by atoms with E-state index < -0.39 is 0 Å². The zero-order valence-corrected chi connectivity index (χ0v) is 12.0. The molecule has 1 aliphatic rings. The van der Waals surface area contributed by atoms with Crippen molar-refractivity contribution in [2.24, 2.45) is 11.3 Å². The van der Waals surface area contributed by atoms with Crippen molar-refractivity contribution >= 4 is 17.4 Å². The van der Waals surface area contributed by atoms with Crippen LogP contribution in [0.3, 0.4) is 0 Å². The van der Waals surface area contributed by atoms with Crippen molar-refractivity contribution in [3.63, 3.8) is 0 Å². The third kappa shape index (κ3) is 3.58. The summed E-state index contributed by atoms with van der Waals surface area (Å²) in [6.45, 7) is 4.59. The van der Waals surface area contributed by atoms with Gasteiger partial charge in [0.25, 0.3) is 0 Å². The van der Waals surface area contributed by atoms with Crippen LogP contribution < -0.4 is 0 Å². The van der Waals surface area contributed by atoms with Crippen LogP contribution in [0.4, 0.5) is 0 Å². The van der Waals surface area contributed by atoms with Gasteiger partial charge in [0.05, 0.1) is 0 Å². The highest BCUT2D eigenvalue weighted by atomic mass is 35.5. The molecule has 98 valence electrons. The first-order chi connectivity index (χ1) is 8.46. The molecular weight excluding hydrogens is 244 g/mol. The normalized spacial score (nSPS) is 19.7. The molecule has 2 heteroatoms. The fraction of sp³-hybridized carbons (Fsp3) is 0.562. The summed E-state index contributed by atoms with van der Waals surface area (Å²) in [7, 11) is 0. The van der Waals surface area contributed by atoms with E-state index in [2.05, 4.69) is 13.8 Å². The topological polar surface area (TPSA) is 17.1 Å². The van der Waals surface area contributed by atoms with E-state index in [9.17, 15) is 4.79 Å². The van der Waals surface area contributed by atoms with Crippen LogP contribution in [0.25, 0.3) is 0 Å². The quantitative estimate of drug-likeness (QED) is 0.775. The first-order valence-corrected chi connectivity index (χ1v) is 7.11. The lowest BCUT2D eigenvalue weighted by atomic mass is 9.71. The molecule has 1 saturated carbocycles. The van der Waals surface area contributed by atoms with Crippen LogP contribution in [0.15, 0.2) is 24.3 Å². The molecule has 0 aliphatic heterocycles. The number of benzene rings is 1. The van der Waals surface area contributed by atoms with Gasteiger partial charge in [0, 0.05) is 17.4 Å². The molecule has 0 aromatic heterocycles. The molecule has 1 aromatic rings. The number of rotatable bonds is 3. The summed E-state index contributed by atoms with van der Waals surface area (Å²) in [6, 6.07) is 7.64. The Balaban J connectivity index is 1.93. The average molecular weight is 265 g/mol. The van der Waals surface area contributed by atoms with Crippen molar-refractivity contribution in [3.05, 3.63) is 34.9 Å². The van der Waals surface area contributed by atoms with Gasteiger partial charge in [0.15, 0.2) is 0 Å². The van der Waals surface area contributed by atoms with Crippen molar-refractivity contribution in [2.75, 3.05) is 0 Å². The summed E-state index contributed by atoms with van der Waals surface area (Å²) in [5, 5.41) is 0.713. The molecule has 0 heterocycles. The lowest BCUT2D eigenvalue weighted by Crippen LogP contribution is -2.27. The Labute approximate surface area is 115 Å². The molecule has 0 unspecified atom stereocenters. The Hall–Kier alpha value is -0.820. The maximum absolute atomic E-state index is 12.2. The second-order valence-electron chi connectivity index (χ2n) is 6.21. The Kier molecular flexibility index (Phi) is 4.11. The van der Waals surface area contributed by atoms with Gasteiger partial charge in [-0.15, -0.1) is 0 Å². The first-order valence-electron chi connectivity index (χ1n) is 6.73. The third-order valence-corrected chi connectivity index (χ3v) is 4.30. The number of Topliss-reactive ketones (excluding diaryl/α,β-unsaturated/α-hetero) is 1. The van der Waals surface area contributed by atoms with Gasteiger partial charge < -0.3 is 0 Å². The van der Waals surface area contributed by atoms with Crippen LogP contribution in [-0.2, 0) is 11.2 Å². The summed E-state index contributed by atoms with van der Waals surface area (Å²) in [5.74, 6) is 0.643. The molecule has 1 fully saturated rings. The minimum absolute atomic E-state index is 0.261. The number of hydrogen-bond donors (Lipinski definition) is 0. The Bertz CT molecular complexity index is 426. The van der Waals surface area contributed by atoms with Crippen molar-refractivity contribution in [1.82, 2.24) is 0 Å². The second-order valence-corrected chi connectivity index (χ2v) is 6.65. The van der Waals surface area contributed by atoms with Gasteiger partial charge in [-0.05, 0) is 48.8 Å². The molecule has 0 amide bonds. The van der Waals surface area contributed by atoms with E-state index in [1.54, 1.807) is 0 Å². The van der Waals surface area contributed by atoms with Crippen LogP contribution in [0.2, 0.25) is 5.02 Å². The van der Waals surface area contributed by atoms with Gasteiger partial charge in [-0.3, -0.25) is 4.79 Å². The van der Waals surface area contributed by atoms with Gasteiger partial charge in [-0.2, -0.15) is 0 Å². The van der Waals surface area contributed by atoms with Crippen LogP contribution in [0.5, 0.6) is 0 Å². The lowest BCUT2D eigenvalue weighted by Gasteiger charge is -2.33. The summed E-state index contributed by atoms with van der Waals surface area (Å²) in [6.07, 6.45) is 4.96. The second kappa shape index (κ2) is 5.44. The largest absolute Gasteiger partial charge is 0.299 e. The number of hydrogen-bond acceptors (Lipinski definition) is 1. The number of halogens is 1. The van der Waals surface area contributed by atoms with E-state index in [0.717, 1.165) is 18.4 Å². The minimum atomic E-state index is 0.261. The maximum atomic E-state index is 12.2. The molecule has 0 saturated heterocycles. The number of carbonyl (C=O) groups excluding carboxylic acids is 1. The highest BCUT2D eigenvalue weighted by molar-refractivity contribution is 6.30. The lowest BCUT2D eigenvalue weighted by molar-refractivity contribution is -0.123. The van der Waals surface area contributed by atoms with Crippen molar-refractivity contribution in [2.45, 2.75) is 46.0 Å². The number of ketones is 1. The molecule has 1 nitrogen and oxygen atoms in total. The zero-order valence-electron chi connectivity index (χ0n) is 11.2. The third-order valence-electron chi connectivity index (χ3n) is 4.06. The monoisotopic (exact) mass is 264 g/mol. The van der Waals surface area contributed by atoms with Gasteiger partial charge in [-0.1, -0.05) is 37.6 Å². The fourth-order valence-electron chi connectivity index (χ4n) is 2.71. The summed E-state index contributed by atoms with van der Waals surface area (Å²) >= 11 is 5.94. The summed E-state index contributed by atoms with van der Waals surface area (Å²) < 4.78 is 0. The first kappa shape index (κ1) is 13.6. The SMILES string of the molecule is CC1(C)CCC(C(=O)Cc2cccc(Cl)c2)CC1. The predicted octanol–water partition coefficient (Wildman–Crippen LogP) is 4.67. The molecule has 18 heavy (non-hydrogen) atoms. The van der Waals surface area contributed by atoms with Crippen LogP contribution in [0, 0.1) is 11.3 Å². The van der Waals surface area contributed by atoms with Gasteiger partial charge in [0.1, 0.15) is 5.78 Å². The highest BCUT2D eigenvalue weighted by Gasteiger charge is 2.30. The smallest absolute Gasteiger partial charge is 0.140 e. The molecule has 0 spiro atoms. The van der Waals surface area contributed by atoms with E-state index >= 15 is 0 Å². The molecular formula is C16H21ClO. The van der Waals surface area contributed by atoms with Gasteiger partial charge in [0.2, 0.25) is 0 Å². The fourth-order valence-corrected chi connectivity index (χ4v) is 2.93. The van der Waals surface area contributed by atoms with Crippen molar-refractivity contribution < 1.29 is 4.79 Å². The molecule has 2 rings (SSSR count). The van der Waals surface area contributed by atoms with E-state index in [1.807, 2.05) is 24.3 Å². The average Bonchev–Trinajstić information content (AvgIpc) is 2.28. The van der Waals surface area contributed by atoms with Crippen LogP contribution >= 0.6 is 11.6 Å². The molecule has 1 aliphatic carbocycles. The maximum Gasteiger partial charge on any atom is 0.140 e. The van der Waals surface area contributed by atoms with Crippen LogP contribution in [0.1, 0.15) is 45.1 Å². The Morgan fingerprint density at radius 2 is 2.00 bits per heavy atom. The van der Waals surface area contributed by atoms with Crippen molar-refractivity contribution in [3.8, 4) is 0 Å². The predicted molar refractivity (Wildman–Crippen MR) is 75.9 cm³/mol. The minimum Gasteiger partial charge on any atom is -0.299 e. The van der Waals surface area contributed by atoms with E-state index in [-0.39, 0.29) is 5.92 Å². The molecule has 0 N–H and O–H groups in total. The van der Waals surface area contributed by atoms with E-state index in [0.29, 0.717) is 22.6 Å². The van der Waals surface area contributed by atoms with E-state index in [1.165, 1.54) is 12.8 Å². The molecule has 0 bridgehead atoms. The molecule has 0 radical (unpaired) electrons. The molecule has 1 aromatic carbocycles. The summed E-state index contributed by atoms with van der Waals surface area (Å²) in [5.41, 5.74) is 1.46. The van der Waals surface area contributed by atoms with Gasteiger partial charge >= 0.3 is 0 Å². The standard InChI is InChI=1S/C16H21ClO/c1-16(2)8-6-13(7-9-16)15(18)11-12-4-3-5-14(17)10-12/h3-5,10,13H,6-9,11H2,1-2H3. The Morgan fingerprint density at radius 1 is 1.33 bits per heavy atom. The van der Waals surface area contributed by atoms with Crippen LogP contribution in [-0.4, -0.2) is 5.78 Å². The highest BCUT2D eigenvalue weighted by Crippen LogP contribution is 2.38. The van der Waals surface area contributed by atoms with Crippen molar-refractivity contribution in [1.29, 1.82) is 0 Å².